The second-order valence-corrected chi connectivity index (χ2v) is 7.07. The number of hydrogen-bond donors (Lipinski definition) is 1. The molecule has 0 aromatic heterocycles. The predicted molar refractivity (Wildman–Crippen MR) is 105 cm³/mol. The Balaban J connectivity index is 1.84. The van der Waals surface area contributed by atoms with Crippen LogP contribution in [0.1, 0.15) is 29.6 Å². The number of nitro benzene ring substituents is 1. The number of rotatable bonds is 5. The molecule has 136 valence electrons. The van der Waals surface area contributed by atoms with Gasteiger partial charge in [-0.05, 0) is 55.9 Å². The van der Waals surface area contributed by atoms with Crippen molar-refractivity contribution in [2.45, 2.75) is 24.2 Å². The molecule has 1 amide bonds. The van der Waals surface area contributed by atoms with Crippen LogP contribution >= 0.6 is 11.8 Å². The molecule has 1 heterocycles. The summed E-state index contributed by atoms with van der Waals surface area (Å²) in [7, 11) is 0. The Labute approximate surface area is 156 Å². The molecule has 7 heteroatoms. The zero-order chi connectivity index (χ0) is 18.5. The number of nitro groups is 1. The van der Waals surface area contributed by atoms with Gasteiger partial charge in [0.25, 0.3) is 11.6 Å². The first-order valence-corrected chi connectivity index (χ1v) is 9.80. The highest BCUT2D eigenvalue weighted by molar-refractivity contribution is 7.98. The van der Waals surface area contributed by atoms with Gasteiger partial charge in [0.2, 0.25) is 0 Å². The van der Waals surface area contributed by atoms with Gasteiger partial charge in [-0.2, -0.15) is 0 Å². The van der Waals surface area contributed by atoms with Gasteiger partial charge in [-0.25, -0.2) is 0 Å². The van der Waals surface area contributed by atoms with Gasteiger partial charge in [-0.1, -0.05) is 6.07 Å². The van der Waals surface area contributed by atoms with Gasteiger partial charge >= 0.3 is 0 Å². The topological polar surface area (TPSA) is 75.5 Å². The molecule has 0 aliphatic carbocycles. The van der Waals surface area contributed by atoms with Crippen LogP contribution in [0.5, 0.6) is 0 Å². The Hall–Kier alpha value is -2.54. The molecule has 2 aromatic rings. The zero-order valence-electron chi connectivity index (χ0n) is 14.6. The van der Waals surface area contributed by atoms with Crippen molar-refractivity contribution in [1.29, 1.82) is 0 Å². The molecule has 0 bridgehead atoms. The van der Waals surface area contributed by atoms with Crippen molar-refractivity contribution >= 4 is 34.7 Å². The maximum absolute atomic E-state index is 12.5. The number of piperidine rings is 1. The summed E-state index contributed by atoms with van der Waals surface area (Å²) in [5.41, 5.74) is 1.53. The maximum atomic E-state index is 12.5. The Morgan fingerprint density at radius 1 is 1.15 bits per heavy atom. The average Bonchev–Trinajstić information content (AvgIpc) is 2.68. The van der Waals surface area contributed by atoms with E-state index >= 15 is 0 Å². The molecule has 2 aromatic carbocycles. The van der Waals surface area contributed by atoms with Crippen molar-refractivity contribution in [1.82, 2.24) is 0 Å². The highest BCUT2D eigenvalue weighted by atomic mass is 32.2. The maximum Gasteiger partial charge on any atom is 0.293 e. The molecule has 1 fully saturated rings. The van der Waals surface area contributed by atoms with E-state index in [1.54, 1.807) is 30.0 Å². The van der Waals surface area contributed by atoms with Crippen LogP contribution in [-0.4, -0.2) is 30.2 Å². The van der Waals surface area contributed by atoms with E-state index in [-0.39, 0.29) is 17.2 Å². The van der Waals surface area contributed by atoms with E-state index in [1.165, 1.54) is 6.07 Å². The van der Waals surface area contributed by atoms with Gasteiger partial charge in [0.05, 0.1) is 4.92 Å². The van der Waals surface area contributed by atoms with Gasteiger partial charge in [0.1, 0.15) is 5.69 Å². The van der Waals surface area contributed by atoms with Gasteiger partial charge < -0.3 is 10.2 Å². The third-order valence-electron chi connectivity index (χ3n) is 4.46. The lowest BCUT2D eigenvalue weighted by Crippen LogP contribution is -2.30. The molecule has 0 saturated carbocycles. The van der Waals surface area contributed by atoms with Gasteiger partial charge in [0.15, 0.2) is 0 Å². The lowest BCUT2D eigenvalue weighted by atomic mass is 10.1. The van der Waals surface area contributed by atoms with E-state index in [9.17, 15) is 14.9 Å². The van der Waals surface area contributed by atoms with Crippen LogP contribution in [0.3, 0.4) is 0 Å². The van der Waals surface area contributed by atoms with Gasteiger partial charge in [-0.3, -0.25) is 14.9 Å². The Morgan fingerprint density at radius 3 is 2.62 bits per heavy atom. The lowest BCUT2D eigenvalue weighted by Gasteiger charge is -2.28. The van der Waals surface area contributed by atoms with Crippen LogP contribution in [0, 0.1) is 10.1 Å². The SMILES string of the molecule is CSc1cccc(NC(=O)c2ccc(N3CCCCC3)c([N+](=O)[O-])c2)c1. The van der Waals surface area contributed by atoms with Crippen LogP contribution in [0.2, 0.25) is 0 Å². The van der Waals surface area contributed by atoms with Crippen molar-refractivity contribution in [3.05, 3.63) is 58.1 Å². The van der Waals surface area contributed by atoms with E-state index < -0.39 is 4.92 Å². The standard InChI is InChI=1S/C19H21N3O3S/c1-26-16-7-5-6-15(13-16)20-19(23)14-8-9-17(18(12-14)22(24)25)21-10-3-2-4-11-21/h5-9,12-13H,2-4,10-11H2,1H3,(H,20,23). The third kappa shape index (κ3) is 4.16. The normalized spacial score (nSPS) is 14.1. The van der Waals surface area contributed by atoms with E-state index in [0.29, 0.717) is 11.4 Å². The molecule has 26 heavy (non-hydrogen) atoms. The summed E-state index contributed by atoms with van der Waals surface area (Å²) in [5.74, 6) is -0.350. The summed E-state index contributed by atoms with van der Waals surface area (Å²) in [6.45, 7) is 1.63. The minimum absolute atomic E-state index is 0.0163. The smallest absolute Gasteiger partial charge is 0.293 e. The molecule has 0 atom stereocenters. The Kier molecular flexibility index (Phi) is 5.78. The largest absolute Gasteiger partial charge is 0.366 e. The summed E-state index contributed by atoms with van der Waals surface area (Å²) in [6, 6.07) is 12.2. The first-order chi connectivity index (χ1) is 12.6. The molecule has 3 rings (SSSR count). The number of carbonyl (C=O) groups is 1. The summed E-state index contributed by atoms with van der Waals surface area (Å²) in [4.78, 5) is 26.7. The second kappa shape index (κ2) is 8.23. The summed E-state index contributed by atoms with van der Waals surface area (Å²) >= 11 is 1.58. The molecule has 1 aliphatic heterocycles. The van der Waals surface area contributed by atoms with Gasteiger partial charge in [0, 0.05) is 35.3 Å². The first kappa shape index (κ1) is 18.3. The molecule has 6 nitrogen and oxygen atoms in total. The van der Waals surface area contributed by atoms with E-state index in [2.05, 4.69) is 5.32 Å². The molecule has 1 N–H and O–H groups in total. The van der Waals surface area contributed by atoms with Crippen molar-refractivity contribution in [3.8, 4) is 0 Å². The zero-order valence-corrected chi connectivity index (χ0v) is 15.4. The van der Waals surface area contributed by atoms with Crippen LogP contribution in [0.4, 0.5) is 17.1 Å². The molecule has 0 unspecified atom stereocenters. The minimum Gasteiger partial charge on any atom is -0.366 e. The Morgan fingerprint density at radius 2 is 1.92 bits per heavy atom. The van der Waals surface area contributed by atoms with Crippen LogP contribution < -0.4 is 10.2 Å². The number of anilines is 2. The number of carbonyl (C=O) groups excluding carboxylic acids is 1. The third-order valence-corrected chi connectivity index (χ3v) is 5.18. The van der Waals surface area contributed by atoms with E-state index in [0.717, 1.165) is 37.2 Å². The monoisotopic (exact) mass is 371 g/mol. The number of benzene rings is 2. The van der Waals surface area contributed by atoms with Gasteiger partial charge in [-0.15, -0.1) is 11.8 Å². The number of amides is 1. The highest BCUT2D eigenvalue weighted by Gasteiger charge is 2.23. The Bertz CT molecular complexity index is 819. The molecule has 0 radical (unpaired) electrons. The fourth-order valence-electron chi connectivity index (χ4n) is 3.12. The summed E-state index contributed by atoms with van der Waals surface area (Å²) in [5, 5.41) is 14.3. The number of nitrogens with zero attached hydrogens (tertiary/aromatic N) is 2. The minimum atomic E-state index is -0.408. The van der Waals surface area contributed by atoms with Crippen LogP contribution in [0.15, 0.2) is 47.4 Å². The molecular formula is C19H21N3O3S. The molecule has 1 aliphatic rings. The van der Waals surface area contributed by atoms with E-state index in [4.69, 9.17) is 0 Å². The average molecular weight is 371 g/mol. The number of nitrogens with one attached hydrogen (secondary N) is 1. The number of thioether (sulfide) groups is 1. The second-order valence-electron chi connectivity index (χ2n) is 6.19. The summed E-state index contributed by atoms with van der Waals surface area (Å²) < 4.78 is 0. The number of hydrogen-bond acceptors (Lipinski definition) is 5. The first-order valence-electron chi connectivity index (χ1n) is 8.57. The fourth-order valence-corrected chi connectivity index (χ4v) is 3.58. The molecule has 1 saturated heterocycles. The van der Waals surface area contributed by atoms with Crippen LogP contribution in [-0.2, 0) is 0 Å². The summed E-state index contributed by atoms with van der Waals surface area (Å²) in [6.07, 6.45) is 5.18. The molecule has 0 spiro atoms. The van der Waals surface area contributed by atoms with Crippen LogP contribution in [0.25, 0.3) is 0 Å². The van der Waals surface area contributed by atoms with Crippen molar-refractivity contribution < 1.29 is 9.72 Å². The van der Waals surface area contributed by atoms with Crippen molar-refractivity contribution in [2.75, 3.05) is 29.6 Å². The molecular weight excluding hydrogens is 350 g/mol. The van der Waals surface area contributed by atoms with E-state index in [1.807, 2.05) is 29.4 Å². The van der Waals surface area contributed by atoms with Crippen molar-refractivity contribution in [3.63, 3.8) is 0 Å². The fraction of sp³-hybridized carbons (Fsp3) is 0.316. The van der Waals surface area contributed by atoms with Crippen molar-refractivity contribution in [2.24, 2.45) is 0 Å². The lowest BCUT2D eigenvalue weighted by molar-refractivity contribution is -0.384. The quantitative estimate of drug-likeness (QED) is 0.474. The highest BCUT2D eigenvalue weighted by Crippen LogP contribution is 2.31. The predicted octanol–water partition coefficient (Wildman–Crippen LogP) is 4.56.